The average molecular weight is 452 g/mol. The van der Waals surface area contributed by atoms with Crippen LogP contribution in [-0.4, -0.2) is 58.9 Å². The molecule has 0 saturated heterocycles. The van der Waals surface area contributed by atoms with Crippen LogP contribution in [0.15, 0.2) is 54.6 Å². The zero-order valence-corrected chi connectivity index (χ0v) is 18.8. The molecule has 3 rings (SSSR count). The molecular weight excluding hydrogens is 422 g/mol. The Hall–Kier alpha value is -3.52. The minimum absolute atomic E-state index is 0.0875. The van der Waals surface area contributed by atoms with Crippen LogP contribution in [-0.2, 0) is 16.0 Å². The summed E-state index contributed by atoms with van der Waals surface area (Å²) in [6.07, 6.45) is 0.654. The molecule has 8 nitrogen and oxygen atoms in total. The summed E-state index contributed by atoms with van der Waals surface area (Å²) in [5.74, 6) is -2.19. The highest BCUT2D eigenvalue weighted by Gasteiger charge is 2.34. The third kappa shape index (κ3) is 5.84. The van der Waals surface area contributed by atoms with Crippen LogP contribution in [0, 0.1) is 5.92 Å². The second kappa shape index (κ2) is 10.9. The van der Waals surface area contributed by atoms with Crippen molar-refractivity contribution in [1.29, 1.82) is 0 Å². The molecule has 174 valence electrons. The summed E-state index contributed by atoms with van der Waals surface area (Å²) < 4.78 is 0. The number of imide groups is 1. The maximum Gasteiger partial charge on any atom is 0.326 e. The van der Waals surface area contributed by atoms with Crippen LogP contribution in [0.4, 0.5) is 0 Å². The van der Waals surface area contributed by atoms with Crippen molar-refractivity contribution in [2.24, 2.45) is 5.92 Å². The minimum Gasteiger partial charge on any atom is -0.480 e. The molecule has 1 aliphatic rings. The van der Waals surface area contributed by atoms with Gasteiger partial charge in [0.05, 0.1) is 17.2 Å². The van der Waals surface area contributed by atoms with Crippen LogP contribution in [0.5, 0.6) is 0 Å². The lowest BCUT2D eigenvalue weighted by Gasteiger charge is -2.24. The number of nitrogens with zero attached hydrogens (tertiary/aromatic N) is 1. The van der Waals surface area contributed by atoms with Crippen LogP contribution < -0.4 is 10.6 Å². The van der Waals surface area contributed by atoms with Gasteiger partial charge in [-0.15, -0.1) is 0 Å². The molecule has 3 N–H and O–H groups in total. The maximum absolute atomic E-state index is 12.8. The Bertz CT molecular complexity index is 987. The van der Waals surface area contributed by atoms with Gasteiger partial charge in [0.2, 0.25) is 5.91 Å². The van der Waals surface area contributed by atoms with Gasteiger partial charge in [-0.3, -0.25) is 19.3 Å². The topological polar surface area (TPSA) is 116 Å². The second-order valence-corrected chi connectivity index (χ2v) is 8.43. The number of hydrogen-bond donors (Lipinski definition) is 3. The van der Waals surface area contributed by atoms with Crippen LogP contribution in [0.3, 0.4) is 0 Å². The first-order valence-electron chi connectivity index (χ1n) is 11.0. The Labute approximate surface area is 193 Å². The summed E-state index contributed by atoms with van der Waals surface area (Å²) in [4.78, 5) is 50.7. The van der Waals surface area contributed by atoms with Gasteiger partial charge < -0.3 is 15.7 Å². The van der Waals surface area contributed by atoms with Crippen LogP contribution in [0.1, 0.15) is 46.5 Å². The Morgan fingerprint density at radius 2 is 1.52 bits per heavy atom. The monoisotopic (exact) mass is 451 g/mol. The van der Waals surface area contributed by atoms with E-state index in [0.29, 0.717) is 24.1 Å². The number of fused-ring (bicyclic) bond motifs is 1. The van der Waals surface area contributed by atoms with E-state index in [0.717, 1.165) is 5.56 Å². The molecule has 0 fully saturated rings. The molecule has 0 aromatic heterocycles. The summed E-state index contributed by atoms with van der Waals surface area (Å²) in [6.45, 7) is 4.36. The summed E-state index contributed by atoms with van der Waals surface area (Å²) in [6, 6.07) is 14.2. The number of carbonyl (C=O) groups is 4. The smallest absolute Gasteiger partial charge is 0.326 e. The van der Waals surface area contributed by atoms with Crippen molar-refractivity contribution in [3.63, 3.8) is 0 Å². The number of benzene rings is 2. The lowest BCUT2D eigenvalue weighted by molar-refractivity contribution is -0.142. The van der Waals surface area contributed by atoms with Gasteiger partial charge in [-0.25, -0.2) is 4.79 Å². The summed E-state index contributed by atoms with van der Waals surface area (Å²) >= 11 is 0. The molecule has 2 aromatic carbocycles. The first-order chi connectivity index (χ1) is 15.8. The van der Waals surface area contributed by atoms with Crippen LogP contribution in [0.25, 0.3) is 0 Å². The molecular formula is C25H29N3O5. The fraction of sp³-hybridized carbons (Fsp3) is 0.360. The first-order valence-corrected chi connectivity index (χ1v) is 11.0. The van der Waals surface area contributed by atoms with E-state index in [-0.39, 0.29) is 30.7 Å². The van der Waals surface area contributed by atoms with Crippen molar-refractivity contribution >= 4 is 23.7 Å². The van der Waals surface area contributed by atoms with Gasteiger partial charge in [0.25, 0.3) is 11.8 Å². The number of carbonyl (C=O) groups excluding carboxylic acids is 3. The third-order valence-corrected chi connectivity index (χ3v) is 5.65. The second-order valence-electron chi connectivity index (χ2n) is 8.43. The normalized spacial score (nSPS) is 14.8. The maximum atomic E-state index is 12.8. The van der Waals surface area contributed by atoms with E-state index in [1.165, 1.54) is 4.90 Å². The number of amides is 3. The van der Waals surface area contributed by atoms with E-state index < -0.39 is 24.0 Å². The number of carboxylic acids is 1. The van der Waals surface area contributed by atoms with Crippen molar-refractivity contribution in [3.8, 4) is 0 Å². The van der Waals surface area contributed by atoms with Gasteiger partial charge in [-0.2, -0.15) is 0 Å². The highest BCUT2D eigenvalue weighted by Crippen LogP contribution is 2.22. The van der Waals surface area contributed by atoms with E-state index >= 15 is 0 Å². The highest BCUT2D eigenvalue weighted by molar-refractivity contribution is 6.21. The van der Waals surface area contributed by atoms with E-state index in [4.69, 9.17) is 0 Å². The Morgan fingerprint density at radius 1 is 0.939 bits per heavy atom. The molecule has 0 aliphatic carbocycles. The van der Waals surface area contributed by atoms with Gasteiger partial charge in [-0.1, -0.05) is 56.3 Å². The number of nitrogens with one attached hydrogen (secondary N) is 2. The lowest BCUT2D eigenvalue weighted by Crippen LogP contribution is -2.53. The summed E-state index contributed by atoms with van der Waals surface area (Å²) in [5, 5.41) is 15.3. The summed E-state index contributed by atoms with van der Waals surface area (Å²) in [7, 11) is 0. The lowest BCUT2D eigenvalue weighted by atomic mass is 10.0. The molecule has 8 heteroatoms. The fourth-order valence-electron chi connectivity index (χ4n) is 3.88. The molecule has 3 amide bonds. The predicted octanol–water partition coefficient (Wildman–Crippen LogP) is 2.10. The molecule has 2 aromatic rings. The molecule has 33 heavy (non-hydrogen) atoms. The molecule has 0 saturated carbocycles. The van der Waals surface area contributed by atoms with E-state index in [1.54, 1.807) is 24.3 Å². The van der Waals surface area contributed by atoms with Gasteiger partial charge in [-0.05, 0) is 36.6 Å². The molecule has 0 bridgehead atoms. The summed E-state index contributed by atoms with van der Waals surface area (Å²) in [5.41, 5.74) is 1.64. The highest BCUT2D eigenvalue weighted by atomic mass is 16.4. The van der Waals surface area contributed by atoms with Crippen molar-refractivity contribution in [2.45, 2.75) is 38.8 Å². The van der Waals surface area contributed by atoms with Crippen molar-refractivity contribution in [3.05, 3.63) is 71.3 Å². The largest absolute Gasteiger partial charge is 0.480 e. The van der Waals surface area contributed by atoms with Gasteiger partial charge in [0.15, 0.2) is 0 Å². The quantitative estimate of drug-likeness (QED) is 0.356. The fourth-order valence-corrected chi connectivity index (χ4v) is 3.88. The SMILES string of the molecule is CC(C)[C@H](NCCCN1C(=O)c2ccccc2C1=O)C(=O)N[C@@H](Cc1ccccc1)C(=O)O. The number of rotatable bonds is 11. The minimum atomic E-state index is -1.10. The molecule has 0 unspecified atom stereocenters. The van der Waals surface area contributed by atoms with Crippen molar-refractivity contribution in [1.82, 2.24) is 15.5 Å². The first kappa shape index (κ1) is 24.1. The van der Waals surface area contributed by atoms with E-state index in [1.807, 2.05) is 44.2 Å². The number of hydrogen-bond acceptors (Lipinski definition) is 5. The standard InChI is InChI=1S/C25H29N3O5/c1-16(2)21(22(29)27-20(25(32)33)15-17-9-4-3-5-10-17)26-13-8-14-28-23(30)18-11-6-7-12-19(18)24(28)31/h3-7,9-12,16,20-21,26H,8,13-15H2,1-2H3,(H,27,29)(H,32,33)/t20-,21-/m0/s1. The molecule has 2 atom stereocenters. The molecule has 0 spiro atoms. The Balaban J connectivity index is 1.53. The van der Waals surface area contributed by atoms with Crippen molar-refractivity contribution in [2.75, 3.05) is 13.1 Å². The number of aliphatic carboxylic acids is 1. The van der Waals surface area contributed by atoms with E-state index in [2.05, 4.69) is 10.6 Å². The zero-order valence-electron chi connectivity index (χ0n) is 18.8. The van der Waals surface area contributed by atoms with Gasteiger partial charge in [0.1, 0.15) is 6.04 Å². The zero-order chi connectivity index (χ0) is 24.0. The van der Waals surface area contributed by atoms with Gasteiger partial charge >= 0.3 is 5.97 Å². The molecule has 1 heterocycles. The average Bonchev–Trinajstić information content (AvgIpc) is 3.03. The molecule has 1 aliphatic heterocycles. The molecule has 0 radical (unpaired) electrons. The van der Waals surface area contributed by atoms with Gasteiger partial charge in [0, 0.05) is 13.0 Å². The number of carboxylic acid groups (broad SMARTS) is 1. The Kier molecular flexibility index (Phi) is 7.95. The Morgan fingerprint density at radius 3 is 2.06 bits per heavy atom. The van der Waals surface area contributed by atoms with Crippen LogP contribution in [0.2, 0.25) is 0 Å². The van der Waals surface area contributed by atoms with Crippen LogP contribution >= 0.6 is 0 Å². The third-order valence-electron chi connectivity index (χ3n) is 5.65. The predicted molar refractivity (Wildman–Crippen MR) is 123 cm³/mol. The van der Waals surface area contributed by atoms with Crippen molar-refractivity contribution < 1.29 is 24.3 Å². The van der Waals surface area contributed by atoms with E-state index in [9.17, 15) is 24.3 Å².